The van der Waals surface area contributed by atoms with Crippen LogP contribution >= 0.6 is 11.3 Å². The highest BCUT2D eigenvalue weighted by Gasteiger charge is 2.32. The normalized spacial score (nSPS) is 17.1. The zero-order valence-electron chi connectivity index (χ0n) is 13.7. The summed E-state index contributed by atoms with van der Waals surface area (Å²) in [6.07, 6.45) is 2.71. The van der Waals surface area contributed by atoms with Gasteiger partial charge in [0.25, 0.3) is 0 Å². The molecule has 21 heavy (non-hydrogen) atoms. The van der Waals surface area contributed by atoms with Crippen LogP contribution < -0.4 is 10.6 Å². The van der Waals surface area contributed by atoms with Crippen molar-refractivity contribution in [3.63, 3.8) is 0 Å². The van der Waals surface area contributed by atoms with Crippen molar-refractivity contribution >= 4 is 17.3 Å². The molecule has 0 aliphatic heterocycles. The Kier molecular flexibility index (Phi) is 5.58. The first kappa shape index (κ1) is 16.2. The van der Waals surface area contributed by atoms with Gasteiger partial charge in [0, 0.05) is 24.5 Å². The summed E-state index contributed by atoms with van der Waals surface area (Å²) in [5.41, 5.74) is 1.13. The van der Waals surface area contributed by atoms with Crippen LogP contribution in [0.2, 0.25) is 0 Å². The van der Waals surface area contributed by atoms with E-state index in [0.29, 0.717) is 6.04 Å². The Morgan fingerprint density at radius 3 is 2.57 bits per heavy atom. The van der Waals surface area contributed by atoms with Gasteiger partial charge in [0.1, 0.15) is 5.01 Å². The van der Waals surface area contributed by atoms with Gasteiger partial charge in [0.2, 0.25) is 0 Å². The SMILES string of the molecule is CN=C(NCc1nc(C)c(C)s1)NCC(C1CC1)N(C)C. The summed E-state index contributed by atoms with van der Waals surface area (Å²) >= 11 is 1.75. The smallest absolute Gasteiger partial charge is 0.191 e. The van der Waals surface area contributed by atoms with Crippen molar-refractivity contribution in [2.75, 3.05) is 27.7 Å². The van der Waals surface area contributed by atoms with E-state index in [-0.39, 0.29) is 0 Å². The summed E-state index contributed by atoms with van der Waals surface area (Å²) in [4.78, 5) is 12.4. The first-order chi connectivity index (χ1) is 10.0. The number of thiazole rings is 1. The third kappa shape index (κ3) is 4.68. The molecular weight excluding hydrogens is 282 g/mol. The van der Waals surface area contributed by atoms with Gasteiger partial charge < -0.3 is 15.5 Å². The monoisotopic (exact) mass is 309 g/mol. The van der Waals surface area contributed by atoms with Crippen molar-refractivity contribution in [1.82, 2.24) is 20.5 Å². The van der Waals surface area contributed by atoms with E-state index in [9.17, 15) is 0 Å². The largest absolute Gasteiger partial charge is 0.355 e. The number of hydrogen-bond donors (Lipinski definition) is 2. The summed E-state index contributed by atoms with van der Waals surface area (Å²) < 4.78 is 0. The molecule has 1 aromatic rings. The molecule has 5 nitrogen and oxygen atoms in total. The van der Waals surface area contributed by atoms with E-state index >= 15 is 0 Å². The third-order valence-electron chi connectivity index (χ3n) is 4.01. The summed E-state index contributed by atoms with van der Waals surface area (Å²) in [6.45, 7) is 5.84. The van der Waals surface area contributed by atoms with Crippen molar-refractivity contribution in [3.8, 4) is 0 Å². The van der Waals surface area contributed by atoms with Gasteiger partial charge in [-0.25, -0.2) is 4.98 Å². The number of nitrogens with one attached hydrogen (secondary N) is 2. The fourth-order valence-corrected chi connectivity index (χ4v) is 3.32. The van der Waals surface area contributed by atoms with Gasteiger partial charge in [-0.05, 0) is 46.7 Å². The Labute approximate surface area is 131 Å². The molecule has 1 heterocycles. The topological polar surface area (TPSA) is 52.6 Å². The predicted molar refractivity (Wildman–Crippen MR) is 90.0 cm³/mol. The van der Waals surface area contributed by atoms with Crippen molar-refractivity contribution < 1.29 is 0 Å². The maximum Gasteiger partial charge on any atom is 0.191 e. The van der Waals surface area contributed by atoms with E-state index in [1.165, 1.54) is 17.7 Å². The highest BCUT2D eigenvalue weighted by Crippen LogP contribution is 2.34. The number of aliphatic imine (C=N–C) groups is 1. The molecule has 6 heteroatoms. The number of nitrogens with zero attached hydrogens (tertiary/aromatic N) is 3. The molecule has 0 spiro atoms. The summed E-state index contributed by atoms with van der Waals surface area (Å²) in [5, 5.41) is 7.90. The lowest BCUT2D eigenvalue weighted by Crippen LogP contribution is -2.45. The van der Waals surface area contributed by atoms with Gasteiger partial charge in [-0.3, -0.25) is 4.99 Å². The predicted octanol–water partition coefficient (Wildman–Crippen LogP) is 1.77. The van der Waals surface area contributed by atoms with Gasteiger partial charge in [-0.15, -0.1) is 11.3 Å². The average molecular weight is 309 g/mol. The van der Waals surface area contributed by atoms with E-state index in [0.717, 1.165) is 35.7 Å². The van der Waals surface area contributed by atoms with E-state index < -0.39 is 0 Å². The van der Waals surface area contributed by atoms with Crippen LogP contribution in [0, 0.1) is 19.8 Å². The molecule has 1 unspecified atom stereocenters. The molecule has 0 radical (unpaired) electrons. The maximum absolute atomic E-state index is 4.54. The first-order valence-corrected chi connectivity index (χ1v) is 8.36. The van der Waals surface area contributed by atoms with Crippen LogP contribution in [0.15, 0.2) is 4.99 Å². The van der Waals surface area contributed by atoms with Crippen molar-refractivity contribution in [3.05, 3.63) is 15.6 Å². The Hall–Kier alpha value is -1.14. The van der Waals surface area contributed by atoms with E-state index in [1.807, 2.05) is 7.05 Å². The number of hydrogen-bond acceptors (Lipinski definition) is 4. The lowest BCUT2D eigenvalue weighted by atomic mass is 10.1. The Bertz CT molecular complexity index is 469. The van der Waals surface area contributed by atoms with Crippen LogP contribution in [0.4, 0.5) is 0 Å². The quantitative estimate of drug-likeness (QED) is 0.621. The first-order valence-electron chi connectivity index (χ1n) is 7.55. The van der Waals surface area contributed by atoms with Gasteiger partial charge in [0.05, 0.1) is 12.2 Å². The number of aromatic nitrogens is 1. The zero-order valence-corrected chi connectivity index (χ0v) is 14.5. The molecule has 0 aromatic carbocycles. The molecule has 2 N–H and O–H groups in total. The second-order valence-electron chi connectivity index (χ2n) is 5.92. The van der Waals surface area contributed by atoms with Crippen LogP contribution in [-0.2, 0) is 6.54 Å². The fraction of sp³-hybridized carbons (Fsp3) is 0.733. The summed E-state index contributed by atoms with van der Waals surface area (Å²) in [5.74, 6) is 1.70. The highest BCUT2D eigenvalue weighted by molar-refractivity contribution is 7.11. The number of guanidine groups is 1. The van der Waals surface area contributed by atoms with Gasteiger partial charge in [-0.2, -0.15) is 0 Å². The maximum atomic E-state index is 4.54. The molecule has 1 saturated carbocycles. The van der Waals surface area contributed by atoms with Crippen LogP contribution in [0.5, 0.6) is 0 Å². The number of rotatable bonds is 6. The Morgan fingerprint density at radius 1 is 1.38 bits per heavy atom. The average Bonchev–Trinajstić information content (AvgIpc) is 3.21. The molecule has 1 aliphatic rings. The third-order valence-corrected chi connectivity index (χ3v) is 5.08. The standard InChI is InChI=1S/C15H27N5S/c1-10-11(2)21-14(19-10)9-18-15(16-3)17-8-13(20(4)5)12-6-7-12/h12-13H,6-9H2,1-5H3,(H2,16,17,18). The lowest BCUT2D eigenvalue weighted by molar-refractivity contribution is 0.264. The Balaban J connectivity index is 1.80. The molecule has 1 fully saturated rings. The summed E-state index contributed by atoms with van der Waals surface area (Å²) in [6, 6.07) is 0.591. The van der Waals surface area contributed by atoms with Crippen LogP contribution in [0.1, 0.15) is 28.4 Å². The molecule has 1 aromatic heterocycles. The second-order valence-corrected chi connectivity index (χ2v) is 7.21. The van der Waals surface area contributed by atoms with Crippen molar-refractivity contribution in [2.45, 2.75) is 39.3 Å². The van der Waals surface area contributed by atoms with Gasteiger partial charge in [-0.1, -0.05) is 0 Å². The minimum absolute atomic E-state index is 0.591. The fourth-order valence-electron chi connectivity index (χ4n) is 2.45. The van der Waals surface area contributed by atoms with Gasteiger partial charge in [0.15, 0.2) is 5.96 Å². The van der Waals surface area contributed by atoms with Gasteiger partial charge >= 0.3 is 0 Å². The molecule has 0 saturated heterocycles. The molecule has 2 rings (SSSR count). The molecule has 0 amide bonds. The molecule has 118 valence electrons. The summed E-state index contributed by atoms with van der Waals surface area (Å²) in [7, 11) is 6.12. The minimum atomic E-state index is 0.591. The van der Waals surface area contributed by atoms with E-state index in [4.69, 9.17) is 0 Å². The second kappa shape index (κ2) is 7.22. The number of likely N-dealkylation sites (N-methyl/N-ethyl adjacent to an activating group) is 1. The molecular formula is C15H27N5S. The van der Waals surface area contributed by atoms with Crippen molar-refractivity contribution in [1.29, 1.82) is 0 Å². The van der Waals surface area contributed by atoms with Crippen LogP contribution in [0.25, 0.3) is 0 Å². The molecule has 1 aliphatic carbocycles. The van der Waals surface area contributed by atoms with E-state index in [2.05, 4.69) is 53.5 Å². The van der Waals surface area contributed by atoms with E-state index in [1.54, 1.807) is 11.3 Å². The van der Waals surface area contributed by atoms with Crippen LogP contribution in [0.3, 0.4) is 0 Å². The highest BCUT2D eigenvalue weighted by atomic mass is 32.1. The lowest BCUT2D eigenvalue weighted by Gasteiger charge is -2.25. The Morgan fingerprint density at radius 2 is 2.10 bits per heavy atom. The number of aryl methyl sites for hydroxylation is 2. The minimum Gasteiger partial charge on any atom is -0.355 e. The van der Waals surface area contributed by atoms with Crippen molar-refractivity contribution in [2.24, 2.45) is 10.9 Å². The molecule has 1 atom stereocenters. The van der Waals surface area contributed by atoms with Crippen LogP contribution in [-0.4, -0.2) is 49.6 Å². The zero-order chi connectivity index (χ0) is 15.4. The molecule has 0 bridgehead atoms.